The fraction of sp³-hybridized carbons (Fsp3) is 0.615. The maximum Gasteiger partial charge on any atom is 0.331 e. The molecule has 0 spiro atoms. The van der Waals surface area contributed by atoms with Crippen LogP contribution >= 0.6 is 0 Å². The van der Waals surface area contributed by atoms with Crippen LogP contribution in [0.5, 0.6) is 0 Å². The van der Waals surface area contributed by atoms with Crippen molar-refractivity contribution in [3.05, 3.63) is 12.2 Å². The molecule has 0 aliphatic rings. The highest BCUT2D eigenvalue weighted by atomic mass is 16.5. The molecular formula is C13H22N2O5. The molecule has 0 unspecified atom stereocenters. The van der Waals surface area contributed by atoms with Gasteiger partial charge in [-0.25, -0.2) is 14.4 Å². The van der Waals surface area contributed by atoms with Crippen LogP contribution < -0.4 is 5.32 Å². The first-order valence-electron chi connectivity index (χ1n) is 6.25. The van der Waals surface area contributed by atoms with Crippen LogP contribution in [-0.4, -0.2) is 55.7 Å². The summed E-state index contributed by atoms with van der Waals surface area (Å²) in [4.78, 5) is 35.1. The monoisotopic (exact) mass is 286 g/mol. The molecule has 0 aliphatic carbocycles. The van der Waals surface area contributed by atoms with E-state index in [2.05, 4.69) is 5.32 Å². The molecule has 114 valence electrons. The summed E-state index contributed by atoms with van der Waals surface area (Å²) < 4.78 is 9.68. The molecule has 0 saturated carbocycles. The third kappa shape index (κ3) is 8.96. The zero-order valence-corrected chi connectivity index (χ0v) is 12.5. The van der Waals surface area contributed by atoms with Crippen molar-refractivity contribution in [3.8, 4) is 0 Å². The minimum atomic E-state index is -0.670. The first kappa shape index (κ1) is 17.9. The first-order valence-corrected chi connectivity index (χ1v) is 6.25. The maximum atomic E-state index is 11.3. The van der Waals surface area contributed by atoms with Crippen LogP contribution in [0.2, 0.25) is 0 Å². The molecule has 7 nitrogen and oxygen atoms in total. The van der Waals surface area contributed by atoms with Crippen molar-refractivity contribution in [2.45, 2.75) is 32.9 Å². The normalized spacial score (nSPS) is 12.1. The molecule has 20 heavy (non-hydrogen) atoms. The van der Waals surface area contributed by atoms with Crippen molar-refractivity contribution < 1.29 is 23.9 Å². The Bertz CT molecular complexity index is 377. The number of nitrogens with one attached hydrogen (secondary N) is 1. The fourth-order valence-electron chi connectivity index (χ4n) is 1.04. The zero-order valence-electron chi connectivity index (χ0n) is 12.5. The van der Waals surface area contributed by atoms with Crippen LogP contribution in [0.1, 0.15) is 20.8 Å². The van der Waals surface area contributed by atoms with E-state index in [0.717, 1.165) is 12.2 Å². The van der Waals surface area contributed by atoms with E-state index in [1.165, 1.54) is 4.90 Å². The number of hydrogen-bond donors (Lipinski definition) is 1. The summed E-state index contributed by atoms with van der Waals surface area (Å²) in [6, 6.07) is -0.602. The Kier molecular flexibility index (Phi) is 8.03. The van der Waals surface area contributed by atoms with Crippen LogP contribution in [0.4, 0.5) is 4.79 Å². The quantitative estimate of drug-likeness (QED) is 0.574. The molecule has 1 atom stereocenters. The van der Waals surface area contributed by atoms with Gasteiger partial charge in [0.25, 0.3) is 0 Å². The van der Waals surface area contributed by atoms with Crippen LogP contribution in [0, 0.1) is 0 Å². The van der Waals surface area contributed by atoms with E-state index in [0.29, 0.717) is 0 Å². The Morgan fingerprint density at radius 1 is 1.10 bits per heavy atom. The van der Waals surface area contributed by atoms with Crippen molar-refractivity contribution in [1.82, 2.24) is 10.2 Å². The molecule has 0 aliphatic heterocycles. The number of carbonyl (C=O) groups excluding carboxylic acids is 3. The highest BCUT2D eigenvalue weighted by Gasteiger charge is 2.10. The Balaban J connectivity index is 4.01. The fourth-order valence-corrected chi connectivity index (χ4v) is 1.04. The summed E-state index contributed by atoms with van der Waals surface area (Å²) in [5.41, 5.74) is 0. The molecule has 0 aromatic heterocycles. The summed E-state index contributed by atoms with van der Waals surface area (Å²) in [5, 5.41) is 2.62. The van der Waals surface area contributed by atoms with E-state index >= 15 is 0 Å². The predicted molar refractivity (Wildman–Crippen MR) is 73.0 cm³/mol. The molecule has 0 aromatic carbocycles. The Morgan fingerprint density at radius 2 is 1.65 bits per heavy atom. The van der Waals surface area contributed by atoms with E-state index in [-0.39, 0.29) is 24.8 Å². The molecule has 0 fully saturated rings. The minimum absolute atomic E-state index is 0.0159. The van der Waals surface area contributed by atoms with Crippen molar-refractivity contribution in [3.63, 3.8) is 0 Å². The Morgan fingerprint density at radius 3 is 2.15 bits per heavy atom. The van der Waals surface area contributed by atoms with Gasteiger partial charge in [-0.1, -0.05) is 0 Å². The second-order valence-corrected chi connectivity index (χ2v) is 4.69. The lowest BCUT2D eigenvalue weighted by Gasteiger charge is -2.17. The van der Waals surface area contributed by atoms with Gasteiger partial charge >= 0.3 is 18.0 Å². The number of nitrogens with zero attached hydrogens (tertiary/aromatic N) is 1. The smallest absolute Gasteiger partial charge is 0.331 e. The average molecular weight is 286 g/mol. The van der Waals surface area contributed by atoms with E-state index < -0.39 is 11.9 Å². The average Bonchev–Trinajstić information content (AvgIpc) is 2.32. The molecule has 0 rings (SSSR count). The van der Waals surface area contributed by atoms with Gasteiger partial charge < -0.3 is 19.7 Å². The lowest BCUT2D eigenvalue weighted by molar-refractivity contribution is -0.143. The van der Waals surface area contributed by atoms with Gasteiger partial charge in [0, 0.05) is 26.2 Å². The van der Waals surface area contributed by atoms with Gasteiger partial charge in [0.05, 0.1) is 12.1 Å². The summed E-state index contributed by atoms with van der Waals surface area (Å²) in [7, 11) is 3.22. The summed E-state index contributed by atoms with van der Waals surface area (Å²) >= 11 is 0. The number of carbonyl (C=O) groups is 3. The van der Waals surface area contributed by atoms with Crippen LogP contribution in [0.3, 0.4) is 0 Å². The molecule has 0 heterocycles. The number of urea groups is 1. The van der Waals surface area contributed by atoms with E-state index in [1.54, 1.807) is 34.9 Å². The molecule has 0 aromatic rings. The van der Waals surface area contributed by atoms with Crippen LogP contribution in [0.15, 0.2) is 12.2 Å². The molecular weight excluding hydrogens is 264 g/mol. The topological polar surface area (TPSA) is 84.9 Å². The molecule has 7 heteroatoms. The molecule has 0 bridgehead atoms. The molecule has 0 saturated heterocycles. The first-order chi connectivity index (χ1) is 9.22. The van der Waals surface area contributed by atoms with Crippen molar-refractivity contribution in [1.29, 1.82) is 0 Å². The lowest BCUT2D eigenvalue weighted by atomic mass is 10.3. The number of hydrogen-bond acceptors (Lipinski definition) is 5. The SMILES string of the molecule is CC(C)OC(=O)/C=C/C(=O)OC[C@H](C)NC(=O)N(C)C. The lowest BCUT2D eigenvalue weighted by Crippen LogP contribution is -2.42. The van der Waals surface area contributed by atoms with Gasteiger partial charge in [-0.2, -0.15) is 0 Å². The summed E-state index contributed by atoms with van der Waals surface area (Å²) in [5.74, 6) is -1.28. The summed E-state index contributed by atoms with van der Waals surface area (Å²) in [6.07, 6.45) is 1.75. The summed E-state index contributed by atoms with van der Waals surface area (Å²) in [6.45, 7) is 5.13. The van der Waals surface area contributed by atoms with Gasteiger partial charge in [-0.05, 0) is 20.8 Å². The second kappa shape index (κ2) is 8.95. The van der Waals surface area contributed by atoms with Crippen LogP contribution in [0.25, 0.3) is 0 Å². The van der Waals surface area contributed by atoms with E-state index in [4.69, 9.17) is 9.47 Å². The van der Waals surface area contributed by atoms with Gasteiger partial charge in [0.15, 0.2) is 0 Å². The predicted octanol–water partition coefficient (Wildman–Crippen LogP) is 0.697. The zero-order chi connectivity index (χ0) is 15.7. The third-order valence-electron chi connectivity index (χ3n) is 1.96. The largest absolute Gasteiger partial charge is 0.460 e. The number of esters is 2. The van der Waals surface area contributed by atoms with Crippen molar-refractivity contribution in [2.75, 3.05) is 20.7 Å². The van der Waals surface area contributed by atoms with Gasteiger partial charge in [-0.15, -0.1) is 0 Å². The van der Waals surface area contributed by atoms with Gasteiger partial charge in [0.1, 0.15) is 6.61 Å². The number of ether oxygens (including phenoxy) is 2. The number of amides is 2. The van der Waals surface area contributed by atoms with Gasteiger partial charge in [0.2, 0.25) is 0 Å². The van der Waals surface area contributed by atoms with Crippen molar-refractivity contribution in [2.24, 2.45) is 0 Å². The standard InChI is InChI=1S/C13H22N2O5/c1-9(2)20-12(17)7-6-11(16)19-8-10(3)14-13(18)15(4)5/h6-7,9-10H,8H2,1-5H3,(H,14,18)/b7-6+/t10-/m0/s1. The third-order valence-corrected chi connectivity index (χ3v) is 1.96. The molecule has 1 N–H and O–H groups in total. The van der Waals surface area contributed by atoms with E-state index in [1.807, 2.05) is 0 Å². The minimum Gasteiger partial charge on any atom is -0.460 e. The van der Waals surface area contributed by atoms with E-state index in [9.17, 15) is 14.4 Å². The highest BCUT2D eigenvalue weighted by molar-refractivity contribution is 5.91. The molecule has 2 amide bonds. The Hall–Kier alpha value is -2.05. The molecule has 0 radical (unpaired) electrons. The highest BCUT2D eigenvalue weighted by Crippen LogP contribution is 1.93. The van der Waals surface area contributed by atoms with Gasteiger partial charge in [-0.3, -0.25) is 0 Å². The number of rotatable bonds is 6. The maximum absolute atomic E-state index is 11.3. The Labute approximate surface area is 118 Å². The van der Waals surface area contributed by atoms with Crippen molar-refractivity contribution >= 4 is 18.0 Å². The second-order valence-electron chi connectivity index (χ2n) is 4.69. The van der Waals surface area contributed by atoms with Crippen LogP contribution in [-0.2, 0) is 19.1 Å².